The number of carbonyl (C=O) groups is 1. The first-order valence-corrected chi connectivity index (χ1v) is 7.20. The number of Topliss-reactive ketones (excluding diaryl/α,β-unsaturated/α-hetero) is 1. The number of benzene rings is 2. The van der Waals surface area contributed by atoms with Crippen LogP contribution in [0.25, 0.3) is 0 Å². The third kappa shape index (κ3) is 4.88. The van der Waals surface area contributed by atoms with Crippen LogP contribution in [0.2, 0.25) is 0 Å². The number of ether oxygens (including phenoxy) is 1. The summed E-state index contributed by atoms with van der Waals surface area (Å²) in [6.45, 7) is 0. The normalized spacial score (nSPS) is 12.0. The number of carbonyl (C=O) groups excluding carboxylic acids is 1. The Morgan fingerprint density at radius 3 is 2.25 bits per heavy atom. The van der Waals surface area contributed by atoms with Gasteiger partial charge in [-0.05, 0) is 29.8 Å². The van der Waals surface area contributed by atoms with Crippen LogP contribution in [0.1, 0.15) is 23.5 Å². The molecule has 0 unspecified atom stereocenters. The highest BCUT2D eigenvalue weighted by Gasteiger charge is 2.39. The second-order valence-electron chi connectivity index (χ2n) is 5.09. The molecule has 1 atom stereocenters. The van der Waals surface area contributed by atoms with E-state index in [4.69, 9.17) is 4.74 Å². The standard InChI is InChI=1S/C19H15F3O2/c1-24-17-11-8-14(9-12-17)7-10-16(13-18(23)19(20,21)22)15-5-3-2-4-6-15/h2-6,8-9,11-12,16H,13H2,1H3/t16-/m1/s1. The van der Waals surface area contributed by atoms with E-state index in [2.05, 4.69) is 11.8 Å². The van der Waals surface area contributed by atoms with E-state index in [1.54, 1.807) is 54.6 Å². The number of hydrogen-bond acceptors (Lipinski definition) is 2. The van der Waals surface area contributed by atoms with Crippen LogP contribution in [0, 0.1) is 11.8 Å². The van der Waals surface area contributed by atoms with Gasteiger partial charge < -0.3 is 4.74 Å². The molecule has 0 saturated heterocycles. The molecule has 0 fully saturated rings. The van der Waals surface area contributed by atoms with E-state index in [0.29, 0.717) is 16.9 Å². The number of halogens is 3. The third-order valence-electron chi connectivity index (χ3n) is 3.39. The van der Waals surface area contributed by atoms with Gasteiger partial charge >= 0.3 is 6.18 Å². The Morgan fingerprint density at radius 1 is 1.08 bits per heavy atom. The molecule has 2 aromatic rings. The first-order valence-electron chi connectivity index (χ1n) is 7.20. The van der Waals surface area contributed by atoms with E-state index in [1.807, 2.05) is 0 Å². The Hall–Kier alpha value is -2.74. The molecule has 0 aromatic heterocycles. The van der Waals surface area contributed by atoms with Crippen molar-refractivity contribution < 1.29 is 22.7 Å². The minimum atomic E-state index is -4.85. The molecule has 0 radical (unpaired) electrons. The minimum absolute atomic E-state index is 0.580. The lowest BCUT2D eigenvalue weighted by molar-refractivity contribution is -0.171. The molecule has 0 heterocycles. The SMILES string of the molecule is COc1ccc(C#C[C@H](CC(=O)C(F)(F)F)c2ccccc2)cc1. The Kier molecular flexibility index (Phi) is 5.64. The van der Waals surface area contributed by atoms with Gasteiger partial charge in [-0.1, -0.05) is 42.2 Å². The molecular formula is C19H15F3O2. The maximum absolute atomic E-state index is 12.6. The van der Waals surface area contributed by atoms with Gasteiger partial charge in [-0.2, -0.15) is 13.2 Å². The lowest BCUT2D eigenvalue weighted by Gasteiger charge is -2.12. The fourth-order valence-electron chi connectivity index (χ4n) is 2.08. The lowest BCUT2D eigenvalue weighted by Crippen LogP contribution is -2.24. The smallest absolute Gasteiger partial charge is 0.450 e. The largest absolute Gasteiger partial charge is 0.497 e. The van der Waals surface area contributed by atoms with Crippen LogP contribution >= 0.6 is 0 Å². The molecule has 0 aliphatic rings. The van der Waals surface area contributed by atoms with E-state index >= 15 is 0 Å². The Labute approximate surface area is 138 Å². The molecule has 0 aliphatic carbocycles. The van der Waals surface area contributed by atoms with Gasteiger partial charge in [0.1, 0.15) is 5.75 Å². The summed E-state index contributed by atoms with van der Waals surface area (Å²) in [7, 11) is 1.54. The van der Waals surface area contributed by atoms with E-state index in [0.717, 1.165) is 0 Å². The number of methoxy groups -OCH3 is 1. The van der Waals surface area contributed by atoms with Crippen molar-refractivity contribution >= 4 is 5.78 Å². The molecule has 124 valence electrons. The average Bonchev–Trinajstić information content (AvgIpc) is 2.58. The molecule has 24 heavy (non-hydrogen) atoms. The highest BCUT2D eigenvalue weighted by Crippen LogP contribution is 2.26. The molecule has 0 amide bonds. The lowest BCUT2D eigenvalue weighted by atomic mass is 9.93. The van der Waals surface area contributed by atoms with E-state index in [1.165, 1.54) is 7.11 Å². The Morgan fingerprint density at radius 2 is 1.71 bits per heavy atom. The fourth-order valence-corrected chi connectivity index (χ4v) is 2.08. The zero-order valence-electron chi connectivity index (χ0n) is 12.9. The second kappa shape index (κ2) is 7.69. The predicted octanol–water partition coefficient (Wildman–Crippen LogP) is 4.35. The van der Waals surface area contributed by atoms with Gasteiger partial charge in [0.2, 0.25) is 5.78 Å². The van der Waals surface area contributed by atoms with Crippen molar-refractivity contribution in [1.29, 1.82) is 0 Å². The van der Waals surface area contributed by atoms with Crippen LogP contribution in [0.15, 0.2) is 54.6 Å². The summed E-state index contributed by atoms with van der Waals surface area (Å²) in [5.41, 5.74) is 1.22. The highest BCUT2D eigenvalue weighted by molar-refractivity contribution is 5.85. The van der Waals surface area contributed by atoms with Crippen molar-refractivity contribution in [1.82, 2.24) is 0 Å². The van der Waals surface area contributed by atoms with Crippen LogP contribution in [0.5, 0.6) is 5.75 Å². The zero-order valence-corrected chi connectivity index (χ0v) is 12.9. The van der Waals surface area contributed by atoms with E-state index in [-0.39, 0.29) is 0 Å². The van der Waals surface area contributed by atoms with Gasteiger partial charge in [0.15, 0.2) is 0 Å². The highest BCUT2D eigenvalue weighted by atomic mass is 19.4. The molecule has 0 saturated carbocycles. The molecule has 2 rings (SSSR count). The average molecular weight is 332 g/mol. The van der Waals surface area contributed by atoms with Gasteiger partial charge in [0.05, 0.1) is 13.0 Å². The number of ketones is 1. The molecule has 5 heteroatoms. The number of rotatable bonds is 4. The maximum atomic E-state index is 12.6. The first-order chi connectivity index (χ1) is 11.4. The molecule has 0 spiro atoms. The zero-order chi connectivity index (χ0) is 17.6. The predicted molar refractivity (Wildman–Crippen MR) is 84.7 cm³/mol. The van der Waals surface area contributed by atoms with Crippen molar-refractivity contribution in [2.45, 2.75) is 18.5 Å². The summed E-state index contributed by atoms with van der Waals surface area (Å²) >= 11 is 0. The van der Waals surface area contributed by atoms with Crippen LogP contribution < -0.4 is 4.74 Å². The summed E-state index contributed by atoms with van der Waals surface area (Å²) in [5.74, 6) is 3.67. The molecule has 2 aromatic carbocycles. The van der Waals surface area contributed by atoms with Crippen molar-refractivity contribution in [2.75, 3.05) is 7.11 Å². The number of hydrogen-bond donors (Lipinski definition) is 0. The van der Waals surface area contributed by atoms with Crippen molar-refractivity contribution in [3.8, 4) is 17.6 Å². The van der Waals surface area contributed by atoms with Crippen molar-refractivity contribution in [3.63, 3.8) is 0 Å². The molecule has 0 bridgehead atoms. The topological polar surface area (TPSA) is 26.3 Å². The van der Waals surface area contributed by atoms with Gasteiger partial charge in [-0.25, -0.2) is 0 Å². The number of alkyl halides is 3. The minimum Gasteiger partial charge on any atom is -0.497 e. The molecule has 2 nitrogen and oxygen atoms in total. The summed E-state index contributed by atoms with van der Waals surface area (Å²) in [5, 5.41) is 0. The summed E-state index contributed by atoms with van der Waals surface area (Å²) in [4.78, 5) is 11.3. The molecule has 0 N–H and O–H groups in total. The summed E-state index contributed by atoms with van der Waals surface area (Å²) in [6, 6.07) is 15.3. The monoisotopic (exact) mass is 332 g/mol. The van der Waals surface area contributed by atoms with Gasteiger partial charge in [-0.3, -0.25) is 4.79 Å². The Balaban J connectivity index is 2.26. The third-order valence-corrected chi connectivity index (χ3v) is 3.39. The van der Waals surface area contributed by atoms with Gasteiger partial charge in [0.25, 0.3) is 0 Å². The van der Waals surface area contributed by atoms with Crippen LogP contribution in [0.4, 0.5) is 13.2 Å². The van der Waals surface area contributed by atoms with Gasteiger partial charge in [0, 0.05) is 12.0 Å². The quantitative estimate of drug-likeness (QED) is 0.778. The van der Waals surface area contributed by atoms with Crippen LogP contribution in [-0.2, 0) is 4.79 Å². The maximum Gasteiger partial charge on any atom is 0.450 e. The molecular weight excluding hydrogens is 317 g/mol. The van der Waals surface area contributed by atoms with Crippen molar-refractivity contribution in [3.05, 3.63) is 65.7 Å². The van der Waals surface area contributed by atoms with E-state index in [9.17, 15) is 18.0 Å². The van der Waals surface area contributed by atoms with Crippen LogP contribution in [0.3, 0.4) is 0 Å². The van der Waals surface area contributed by atoms with Gasteiger partial charge in [-0.15, -0.1) is 0 Å². The summed E-state index contributed by atoms with van der Waals surface area (Å²) < 4.78 is 42.7. The van der Waals surface area contributed by atoms with Crippen LogP contribution in [-0.4, -0.2) is 19.1 Å². The fraction of sp³-hybridized carbons (Fsp3) is 0.211. The van der Waals surface area contributed by atoms with Crippen molar-refractivity contribution in [2.24, 2.45) is 0 Å². The first kappa shape index (κ1) is 17.6. The van der Waals surface area contributed by atoms with E-state index < -0.39 is 24.3 Å². The second-order valence-corrected chi connectivity index (χ2v) is 5.09. The Bertz CT molecular complexity index is 738. The molecule has 0 aliphatic heterocycles. The summed E-state index contributed by atoms with van der Waals surface area (Å²) in [6.07, 6.45) is -5.55.